The molecule has 11 heteroatoms. The van der Waals surface area contributed by atoms with Gasteiger partial charge in [-0.2, -0.15) is 13.1 Å². The van der Waals surface area contributed by atoms with Crippen LogP contribution in [0, 0.1) is 11.3 Å². The van der Waals surface area contributed by atoms with Crippen LogP contribution < -0.4 is 23.8 Å². The van der Waals surface area contributed by atoms with Crippen molar-refractivity contribution < 1.29 is 27.4 Å². The molecule has 1 amide bonds. The third-order valence-electron chi connectivity index (χ3n) is 7.05. The number of pyridine rings is 1. The standard InChI is InChI=1S/C25H36N4O6S/c1-24(2,3)35-23(30)28-36(31,32)27-16-25(9-10-25)17-7-12-29(13-8-17)20-6-11-26-19-15-22(34-5)21(33-4)14-18(19)20/h6,11,14-15,17,27H,7-10,12-13,16H2,1-5H3,(H,28,30). The summed E-state index contributed by atoms with van der Waals surface area (Å²) in [6, 6.07) is 5.89. The fourth-order valence-electron chi connectivity index (χ4n) is 5.04. The van der Waals surface area contributed by atoms with Gasteiger partial charge in [0.1, 0.15) is 5.60 Å². The number of fused-ring (bicyclic) bond motifs is 1. The van der Waals surface area contributed by atoms with Crippen molar-refractivity contribution in [3.05, 3.63) is 24.4 Å². The topological polar surface area (TPSA) is 119 Å². The second kappa shape index (κ2) is 9.93. The number of hydrogen-bond donors (Lipinski definition) is 2. The van der Waals surface area contributed by atoms with Crippen LogP contribution in [0.2, 0.25) is 0 Å². The van der Waals surface area contributed by atoms with E-state index in [1.54, 1.807) is 35.0 Å². The van der Waals surface area contributed by atoms with Gasteiger partial charge in [0, 0.05) is 43.0 Å². The van der Waals surface area contributed by atoms with Crippen molar-refractivity contribution in [2.24, 2.45) is 11.3 Å². The summed E-state index contributed by atoms with van der Waals surface area (Å²) >= 11 is 0. The molecule has 2 heterocycles. The lowest BCUT2D eigenvalue weighted by atomic mass is 9.81. The Bertz CT molecular complexity index is 1220. The van der Waals surface area contributed by atoms with Gasteiger partial charge < -0.3 is 19.1 Å². The number of amides is 1. The monoisotopic (exact) mass is 520 g/mol. The number of nitrogens with zero attached hydrogens (tertiary/aromatic N) is 2. The van der Waals surface area contributed by atoms with Gasteiger partial charge in [0.05, 0.1) is 19.7 Å². The van der Waals surface area contributed by atoms with E-state index in [2.05, 4.69) is 14.6 Å². The smallest absolute Gasteiger partial charge is 0.422 e. The molecule has 2 aliphatic rings. The minimum atomic E-state index is -3.99. The molecule has 1 saturated carbocycles. The molecule has 0 radical (unpaired) electrons. The molecule has 198 valence electrons. The SMILES string of the molecule is COc1cc2nccc(N3CCC(C4(CNS(=O)(=O)NC(=O)OC(C)(C)C)CC4)CC3)c2cc1OC. The quantitative estimate of drug-likeness (QED) is 0.542. The van der Waals surface area contributed by atoms with Crippen molar-refractivity contribution in [2.45, 2.75) is 52.1 Å². The number of hydrogen-bond acceptors (Lipinski definition) is 8. The number of nitrogens with one attached hydrogen (secondary N) is 2. The molecule has 1 aliphatic carbocycles. The predicted molar refractivity (Wildman–Crippen MR) is 138 cm³/mol. The molecule has 0 spiro atoms. The van der Waals surface area contributed by atoms with Crippen molar-refractivity contribution in [2.75, 3.05) is 38.8 Å². The molecule has 10 nitrogen and oxygen atoms in total. The Hall–Kier alpha value is -2.79. The van der Waals surface area contributed by atoms with E-state index in [-0.39, 0.29) is 5.41 Å². The van der Waals surface area contributed by atoms with Gasteiger partial charge in [-0.15, -0.1) is 0 Å². The second-order valence-corrected chi connectivity index (χ2v) is 12.1. The molecule has 1 aromatic heterocycles. The Labute approximate surface area is 212 Å². The van der Waals surface area contributed by atoms with Crippen LogP contribution in [-0.2, 0) is 14.9 Å². The number of carbonyl (C=O) groups is 1. The summed E-state index contributed by atoms with van der Waals surface area (Å²) < 4.78 is 45.3. The zero-order chi connectivity index (χ0) is 26.1. The Balaban J connectivity index is 1.38. The van der Waals surface area contributed by atoms with Gasteiger partial charge in [-0.25, -0.2) is 9.52 Å². The van der Waals surface area contributed by atoms with Crippen molar-refractivity contribution in [1.82, 2.24) is 14.4 Å². The Morgan fingerprint density at radius 1 is 1.14 bits per heavy atom. The van der Waals surface area contributed by atoms with E-state index >= 15 is 0 Å². The molecular weight excluding hydrogens is 484 g/mol. The molecule has 1 aromatic carbocycles. The van der Waals surface area contributed by atoms with Gasteiger partial charge in [0.15, 0.2) is 11.5 Å². The van der Waals surface area contributed by atoms with Crippen LogP contribution in [0.15, 0.2) is 24.4 Å². The van der Waals surface area contributed by atoms with Crippen molar-refractivity contribution >= 4 is 32.9 Å². The molecule has 2 N–H and O–H groups in total. The first-order chi connectivity index (χ1) is 17.0. The molecule has 0 bridgehead atoms. The first-order valence-corrected chi connectivity index (χ1v) is 13.7. The highest BCUT2D eigenvalue weighted by atomic mass is 32.2. The van der Waals surface area contributed by atoms with Crippen molar-refractivity contribution in [1.29, 1.82) is 0 Å². The maximum Gasteiger partial charge on any atom is 0.422 e. The number of anilines is 1. The first kappa shape index (κ1) is 26.3. The highest BCUT2D eigenvalue weighted by Gasteiger charge is 2.50. The van der Waals surface area contributed by atoms with Gasteiger partial charge >= 0.3 is 16.3 Å². The van der Waals surface area contributed by atoms with Crippen LogP contribution in [0.5, 0.6) is 11.5 Å². The zero-order valence-electron chi connectivity index (χ0n) is 21.6. The zero-order valence-corrected chi connectivity index (χ0v) is 22.4. The number of benzene rings is 1. The van der Waals surface area contributed by atoms with E-state index in [1.165, 1.54) is 0 Å². The Kier molecular flexibility index (Phi) is 7.25. The number of piperidine rings is 1. The molecule has 36 heavy (non-hydrogen) atoms. The van der Waals surface area contributed by atoms with E-state index in [4.69, 9.17) is 14.2 Å². The molecule has 0 atom stereocenters. The highest BCUT2D eigenvalue weighted by molar-refractivity contribution is 7.88. The van der Waals surface area contributed by atoms with Gasteiger partial charge in [-0.3, -0.25) is 4.98 Å². The molecule has 0 unspecified atom stereocenters. The molecule has 1 saturated heterocycles. The largest absolute Gasteiger partial charge is 0.493 e. The summed E-state index contributed by atoms with van der Waals surface area (Å²) in [5.41, 5.74) is 1.11. The Morgan fingerprint density at radius 2 is 1.78 bits per heavy atom. The highest BCUT2D eigenvalue weighted by Crippen LogP contribution is 2.55. The average Bonchev–Trinajstić information content (AvgIpc) is 3.61. The van der Waals surface area contributed by atoms with Crippen LogP contribution in [0.1, 0.15) is 46.5 Å². The van der Waals surface area contributed by atoms with Crippen LogP contribution in [0.3, 0.4) is 0 Å². The maximum atomic E-state index is 12.4. The summed E-state index contributed by atoms with van der Waals surface area (Å²) in [7, 11) is -0.756. The normalized spacial score (nSPS) is 18.1. The van der Waals surface area contributed by atoms with Gasteiger partial charge in [0.2, 0.25) is 0 Å². The van der Waals surface area contributed by atoms with Crippen molar-refractivity contribution in [3.8, 4) is 11.5 Å². The number of methoxy groups -OCH3 is 2. The number of aromatic nitrogens is 1. The summed E-state index contributed by atoms with van der Waals surface area (Å²) in [6.45, 7) is 7.08. The maximum absolute atomic E-state index is 12.4. The second-order valence-electron chi connectivity index (χ2n) is 10.6. The lowest BCUT2D eigenvalue weighted by molar-refractivity contribution is 0.0569. The third kappa shape index (κ3) is 5.95. The van der Waals surface area contributed by atoms with Crippen molar-refractivity contribution in [3.63, 3.8) is 0 Å². The summed E-state index contributed by atoms with van der Waals surface area (Å²) in [5, 5.41) is 1.01. The van der Waals surface area contributed by atoms with Gasteiger partial charge in [-0.05, 0) is 69.9 Å². The molecule has 2 fully saturated rings. The summed E-state index contributed by atoms with van der Waals surface area (Å²) in [6.07, 6.45) is 4.69. The first-order valence-electron chi connectivity index (χ1n) is 12.2. The molecule has 4 rings (SSSR count). The van der Waals surface area contributed by atoms with Crippen LogP contribution in [0.25, 0.3) is 10.9 Å². The fraction of sp³-hybridized carbons (Fsp3) is 0.600. The van der Waals surface area contributed by atoms with E-state index in [1.807, 2.05) is 29.1 Å². The van der Waals surface area contributed by atoms with E-state index in [9.17, 15) is 13.2 Å². The lowest BCUT2D eigenvalue weighted by Gasteiger charge is -2.38. The van der Waals surface area contributed by atoms with E-state index in [0.29, 0.717) is 24.0 Å². The predicted octanol–water partition coefficient (Wildman–Crippen LogP) is 3.61. The number of carbonyl (C=O) groups excluding carboxylic acids is 1. The Morgan fingerprint density at radius 3 is 2.36 bits per heavy atom. The minimum Gasteiger partial charge on any atom is -0.493 e. The summed E-state index contributed by atoms with van der Waals surface area (Å²) in [5.74, 6) is 1.71. The van der Waals surface area contributed by atoms with Crippen LogP contribution in [-0.4, -0.2) is 58.9 Å². The van der Waals surface area contributed by atoms with Gasteiger partial charge in [0.25, 0.3) is 0 Å². The van der Waals surface area contributed by atoms with Gasteiger partial charge in [-0.1, -0.05) is 0 Å². The van der Waals surface area contributed by atoms with E-state index < -0.39 is 21.9 Å². The minimum absolute atomic E-state index is 0.0638. The third-order valence-corrected chi connectivity index (χ3v) is 8.01. The van der Waals surface area contributed by atoms with E-state index in [0.717, 1.165) is 55.4 Å². The molecule has 1 aliphatic heterocycles. The number of ether oxygens (including phenoxy) is 3. The van der Waals surface area contributed by atoms with Crippen LogP contribution >= 0.6 is 0 Å². The van der Waals surface area contributed by atoms with Crippen LogP contribution in [0.4, 0.5) is 10.5 Å². The lowest BCUT2D eigenvalue weighted by Crippen LogP contribution is -2.46. The number of rotatable bonds is 8. The summed E-state index contributed by atoms with van der Waals surface area (Å²) in [4.78, 5) is 18.7. The molecular formula is C25H36N4O6S. The molecule has 2 aromatic rings. The average molecular weight is 521 g/mol. The fourth-order valence-corrected chi connectivity index (χ4v) is 5.85.